The molecular weight excluding hydrogens is 242 g/mol. The third kappa shape index (κ3) is 3.02. The van der Waals surface area contributed by atoms with Crippen LogP contribution in [0.5, 0.6) is 0 Å². The van der Waals surface area contributed by atoms with Crippen LogP contribution >= 0.6 is 0 Å². The summed E-state index contributed by atoms with van der Waals surface area (Å²) in [5.41, 5.74) is 6.23. The van der Waals surface area contributed by atoms with Crippen LogP contribution < -0.4 is 10.6 Å². The summed E-state index contributed by atoms with van der Waals surface area (Å²) < 4.78 is 0. The molecule has 0 bridgehead atoms. The highest BCUT2D eigenvalue weighted by Gasteiger charge is 2.33. The molecule has 0 radical (unpaired) electrons. The molecule has 6 nitrogen and oxygen atoms in total. The van der Waals surface area contributed by atoms with Gasteiger partial charge in [-0.15, -0.1) is 0 Å². The number of rotatable bonds is 4. The second kappa shape index (κ2) is 5.54. The molecular formula is C13H21N5O. The number of aliphatic hydroxyl groups excluding tert-OH is 1. The molecule has 1 aromatic rings. The van der Waals surface area contributed by atoms with Crippen LogP contribution in [0.1, 0.15) is 12.0 Å². The lowest BCUT2D eigenvalue weighted by Gasteiger charge is -2.29. The minimum atomic E-state index is -0.355. The fourth-order valence-electron chi connectivity index (χ4n) is 2.58. The maximum absolute atomic E-state index is 9.90. The molecule has 0 aromatic carbocycles. The predicted octanol–water partition coefficient (Wildman–Crippen LogP) is -0.133. The van der Waals surface area contributed by atoms with E-state index in [1.807, 2.05) is 14.1 Å². The first kappa shape index (κ1) is 13.8. The van der Waals surface area contributed by atoms with Crippen LogP contribution in [0, 0.1) is 5.41 Å². The lowest BCUT2D eigenvalue weighted by Crippen LogP contribution is -2.39. The number of aliphatic hydroxyl groups is 1. The molecule has 2 atom stereocenters. The highest BCUT2D eigenvalue weighted by Crippen LogP contribution is 2.27. The van der Waals surface area contributed by atoms with Gasteiger partial charge in [0.2, 0.25) is 0 Å². The number of nitrogens with zero attached hydrogens (tertiary/aromatic N) is 3. The van der Waals surface area contributed by atoms with Gasteiger partial charge < -0.3 is 20.6 Å². The lowest BCUT2D eigenvalue weighted by molar-refractivity contribution is 0.191. The number of aromatic nitrogens is 1. The maximum Gasteiger partial charge on any atom is 0.139 e. The number of anilines is 1. The number of nitrogen functional groups attached to an aromatic ring is 1. The van der Waals surface area contributed by atoms with Crippen molar-refractivity contribution in [2.45, 2.75) is 18.6 Å². The Bertz CT molecular complexity index is 462. The number of likely N-dealkylation sites (N-methyl/N-ethyl adjacent to an activating group) is 1. The monoisotopic (exact) mass is 263 g/mol. The van der Waals surface area contributed by atoms with E-state index < -0.39 is 0 Å². The zero-order valence-corrected chi connectivity index (χ0v) is 11.4. The van der Waals surface area contributed by atoms with Crippen LogP contribution in [-0.2, 0) is 0 Å². The van der Waals surface area contributed by atoms with Gasteiger partial charge >= 0.3 is 0 Å². The number of pyridine rings is 1. The summed E-state index contributed by atoms with van der Waals surface area (Å²) in [4.78, 5) is 8.50. The van der Waals surface area contributed by atoms with Crippen LogP contribution in [0.4, 0.5) is 5.82 Å². The quantitative estimate of drug-likeness (QED) is 0.520. The molecule has 2 heterocycles. The summed E-state index contributed by atoms with van der Waals surface area (Å²) in [7, 11) is 4.01. The second-order valence-corrected chi connectivity index (χ2v) is 5.25. The standard InChI is InChI=1S/C13H21N5O/c1-17(2)7-9-6-10(19)8-18(9)13-11(12(14)15)4-3-5-16-13/h3-5,9-10,19H,6-8H2,1-2H3,(H3,14,15). The molecule has 1 saturated heterocycles. The number of hydrogen-bond acceptors (Lipinski definition) is 5. The molecule has 0 aliphatic carbocycles. The Kier molecular flexibility index (Phi) is 4.01. The zero-order chi connectivity index (χ0) is 14.0. The highest BCUT2D eigenvalue weighted by atomic mass is 16.3. The van der Waals surface area contributed by atoms with E-state index in [1.54, 1.807) is 18.3 Å². The summed E-state index contributed by atoms with van der Waals surface area (Å²) >= 11 is 0. The Hall–Kier alpha value is -1.66. The topological polar surface area (TPSA) is 89.5 Å². The Balaban J connectivity index is 2.31. The minimum Gasteiger partial charge on any atom is -0.391 e. The van der Waals surface area contributed by atoms with E-state index >= 15 is 0 Å². The van der Waals surface area contributed by atoms with Gasteiger partial charge in [0, 0.05) is 25.3 Å². The molecule has 1 aliphatic rings. The molecule has 19 heavy (non-hydrogen) atoms. The first-order chi connectivity index (χ1) is 8.99. The van der Waals surface area contributed by atoms with E-state index in [0.717, 1.165) is 6.54 Å². The van der Waals surface area contributed by atoms with E-state index in [0.29, 0.717) is 24.3 Å². The van der Waals surface area contributed by atoms with Crippen molar-refractivity contribution in [3.8, 4) is 0 Å². The van der Waals surface area contributed by atoms with Gasteiger partial charge in [0.15, 0.2) is 0 Å². The fraction of sp³-hybridized carbons (Fsp3) is 0.538. The summed E-state index contributed by atoms with van der Waals surface area (Å²) in [6.07, 6.45) is 2.05. The average molecular weight is 263 g/mol. The van der Waals surface area contributed by atoms with Crippen molar-refractivity contribution in [2.24, 2.45) is 5.73 Å². The molecule has 4 N–H and O–H groups in total. The van der Waals surface area contributed by atoms with E-state index in [-0.39, 0.29) is 18.0 Å². The lowest BCUT2D eigenvalue weighted by atomic mass is 10.1. The Morgan fingerprint density at radius 3 is 3.00 bits per heavy atom. The Labute approximate surface area is 113 Å². The summed E-state index contributed by atoms with van der Waals surface area (Å²) in [5.74, 6) is 0.700. The summed E-state index contributed by atoms with van der Waals surface area (Å²) in [5, 5.41) is 17.5. The minimum absolute atomic E-state index is 0.00749. The van der Waals surface area contributed by atoms with Crippen LogP contribution in [0.25, 0.3) is 0 Å². The second-order valence-electron chi connectivity index (χ2n) is 5.25. The van der Waals surface area contributed by atoms with Crippen molar-refractivity contribution in [2.75, 3.05) is 32.1 Å². The van der Waals surface area contributed by atoms with Crippen molar-refractivity contribution >= 4 is 11.7 Å². The van der Waals surface area contributed by atoms with Crippen LogP contribution in [0.3, 0.4) is 0 Å². The Morgan fingerprint density at radius 2 is 2.37 bits per heavy atom. The van der Waals surface area contributed by atoms with Crippen molar-refractivity contribution in [3.05, 3.63) is 23.9 Å². The van der Waals surface area contributed by atoms with E-state index in [1.165, 1.54) is 0 Å². The molecule has 0 amide bonds. The van der Waals surface area contributed by atoms with Gasteiger partial charge in [0.05, 0.1) is 11.7 Å². The van der Waals surface area contributed by atoms with Gasteiger partial charge in [-0.05, 0) is 32.6 Å². The molecule has 2 unspecified atom stereocenters. The van der Waals surface area contributed by atoms with Crippen LogP contribution in [-0.4, -0.2) is 60.2 Å². The molecule has 1 aromatic heterocycles. The normalized spacial score (nSPS) is 23.1. The third-order valence-electron chi connectivity index (χ3n) is 3.32. The first-order valence-electron chi connectivity index (χ1n) is 6.38. The van der Waals surface area contributed by atoms with Crippen molar-refractivity contribution in [1.82, 2.24) is 9.88 Å². The van der Waals surface area contributed by atoms with Gasteiger partial charge in [0.25, 0.3) is 0 Å². The molecule has 6 heteroatoms. The highest BCUT2D eigenvalue weighted by molar-refractivity contribution is 5.99. The van der Waals surface area contributed by atoms with Gasteiger partial charge in [-0.25, -0.2) is 4.98 Å². The number of amidine groups is 1. The first-order valence-corrected chi connectivity index (χ1v) is 6.38. The molecule has 0 saturated carbocycles. The Morgan fingerprint density at radius 1 is 1.63 bits per heavy atom. The number of hydrogen-bond donors (Lipinski definition) is 3. The summed E-state index contributed by atoms with van der Waals surface area (Å²) in [6, 6.07) is 3.76. The van der Waals surface area contributed by atoms with E-state index in [4.69, 9.17) is 11.1 Å². The third-order valence-corrected chi connectivity index (χ3v) is 3.32. The van der Waals surface area contributed by atoms with Crippen LogP contribution in [0.15, 0.2) is 18.3 Å². The molecule has 0 spiro atoms. The van der Waals surface area contributed by atoms with Gasteiger partial charge in [0.1, 0.15) is 11.7 Å². The molecule has 104 valence electrons. The maximum atomic E-state index is 9.90. The average Bonchev–Trinajstić information content (AvgIpc) is 2.69. The van der Waals surface area contributed by atoms with Crippen molar-refractivity contribution < 1.29 is 5.11 Å². The molecule has 1 aliphatic heterocycles. The van der Waals surface area contributed by atoms with Crippen LogP contribution in [0.2, 0.25) is 0 Å². The van der Waals surface area contributed by atoms with E-state index in [2.05, 4.69) is 14.8 Å². The number of nitrogens with one attached hydrogen (secondary N) is 1. The van der Waals surface area contributed by atoms with Gasteiger partial charge in [-0.1, -0.05) is 0 Å². The predicted molar refractivity (Wildman–Crippen MR) is 75.6 cm³/mol. The molecule has 1 fully saturated rings. The van der Waals surface area contributed by atoms with Gasteiger partial charge in [-0.3, -0.25) is 5.41 Å². The van der Waals surface area contributed by atoms with E-state index in [9.17, 15) is 5.11 Å². The summed E-state index contributed by atoms with van der Waals surface area (Å²) in [6.45, 7) is 1.38. The van der Waals surface area contributed by atoms with Crippen molar-refractivity contribution in [3.63, 3.8) is 0 Å². The van der Waals surface area contributed by atoms with Crippen molar-refractivity contribution in [1.29, 1.82) is 5.41 Å². The SMILES string of the molecule is CN(C)CC1CC(O)CN1c1ncccc1C(=N)N. The number of nitrogens with two attached hydrogens (primary N) is 1. The molecule has 2 rings (SSSR count). The number of β-amino-alcohol motifs (C(OH)–C–C–N with tert-alkyl or cyclic N) is 1. The largest absolute Gasteiger partial charge is 0.391 e. The smallest absolute Gasteiger partial charge is 0.139 e. The fourth-order valence-corrected chi connectivity index (χ4v) is 2.58. The zero-order valence-electron chi connectivity index (χ0n) is 11.4. The van der Waals surface area contributed by atoms with Gasteiger partial charge in [-0.2, -0.15) is 0 Å².